The van der Waals surface area contributed by atoms with Gasteiger partial charge in [0, 0.05) is 18.2 Å². The van der Waals surface area contributed by atoms with Crippen LogP contribution in [-0.4, -0.2) is 23.1 Å². The molecule has 0 aliphatic carbocycles. The third kappa shape index (κ3) is 2.80. The van der Waals surface area contributed by atoms with Crippen LogP contribution in [0.5, 0.6) is 0 Å². The third-order valence-electron chi connectivity index (χ3n) is 2.97. The lowest BCUT2D eigenvalue weighted by atomic mass is 10.2. The van der Waals surface area contributed by atoms with Crippen LogP contribution >= 0.6 is 11.8 Å². The van der Waals surface area contributed by atoms with Crippen molar-refractivity contribution in [2.45, 2.75) is 25.1 Å². The summed E-state index contributed by atoms with van der Waals surface area (Å²) in [5.41, 5.74) is 1.22. The normalized spacial score (nSPS) is 20.0. The molecule has 0 N–H and O–H groups in total. The molecule has 0 saturated carbocycles. The number of thioether (sulfide) groups is 1. The van der Waals surface area contributed by atoms with E-state index in [-0.39, 0.29) is 11.3 Å². The molecule has 1 saturated heterocycles. The molecule has 1 aromatic rings. The Morgan fingerprint density at radius 3 is 3.12 bits per heavy atom. The first-order chi connectivity index (χ1) is 8.22. The van der Waals surface area contributed by atoms with E-state index in [2.05, 4.69) is 19.2 Å². The molecular formula is C13H19N2OS+. The SMILES string of the molecule is CCCCN1C(=O)CSC1c1ccc[n+](C)c1. The second-order valence-corrected chi connectivity index (χ2v) is 5.48. The molecule has 92 valence electrons. The minimum absolute atomic E-state index is 0.210. The van der Waals surface area contributed by atoms with Crippen molar-refractivity contribution in [3.8, 4) is 0 Å². The highest BCUT2D eigenvalue weighted by atomic mass is 32.2. The van der Waals surface area contributed by atoms with Crippen molar-refractivity contribution in [3.05, 3.63) is 30.1 Å². The summed E-state index contributed by atoms with van der Waals surface area (Å²) in [5, 5.41) is 0.210. The number of hydrogen-bond donors (Lipinski definition) is 0. The number of nitrogens with zero attached hydrogens (tertiary/aromatic N) is 2. The van der Waals surface area contributed by atoms with Crippen molar-refractivity contribution in [1.29, 1.82) is 0 Å². The fourth-order valence-electron chi connectivity index (χ4n) is 2.06. The van der Waals surface area contributed by atoms with Gasteiger partial charge in [-0.25, -0.2) is 4.57 Å². The van der Waals surface area contributed by atoms with Gasteiger partial charge >= 0.3 is 0 Å². The van der Waals surface area contributed by atoms with E-state index in [0.717, 1.165) is 19.4 Å². The van der Waals surface area contributed by atoms with E-state index in [1.807, 2.05) is 28.8 Å². The topological polar surface area (TPSA) is 24.2 Å². The molecule has 2 heterocycles. The van der Waals surface area contributed by atoms with Gasteiger partial charge in [-0.2, -0.15) is 0 Å². The van der Waals surface area contributed by atoms with E-state index in [1.54, 1.807) is 11.8 Å². The first-order valence-corrected chi connectivity index (χ1v) is 7.13. The Hall–Kier alpha value is -1.03. The molecule has 2 rings (SSSR count). The second-order valence-electron chi connectivity index (χ2n) is 4.41. The molecule has 0 spiro atoms. The molecule has 1 amide bonds. The van der Waals surface area contributed by atoms with Crippen LogP contribution in [0.3, 0.4) is 0 Å². The molecule has 0 radical (unpaired) electrons. The summed E-state index contributed by atoms with van der Waals surface area (Å²) in [5.74, 6) is 0.896. The van der Waals surface area contributed by atoms with Crippen LogP contribution in [0.1, 0.15) is 30.7 Å². The molecule has 1 atom stereocenters. The highest BCUT2D eigenvalue weighted by Crippen LogP contribution is 2.37. The maximum Gasteiger partial charge on any atom is 0.233 e. The number of carbonyl (C=O) groups is 1. The van der Waals surface area contributed by atoms with Crippen molar-refractivity contribution in [1.82, 2.24) is 4.90 Å². The predicted molar refractivity (Wildman–Crippen MR) is 69.4 cm³/mol. The molecular weight excluding hydrogens is 232 g/mol. The maximum absolute atomic E-state index is 11.8. The summed E-state index contributed by atoms with van der Waals surface area (Å²) in [6, 6.07) is 4.14. The van der Waals surface area contributed by atoms with E-state index in [9.17, 15) is 4.79 Å². The highest BCUT2D eigenvalue weighted by Gasteiger charge is 2.33. The highest BCUT2D eigenvalue weighted by molar-refractivity contribution is 8.00. The Labute approximate surface area is 107 Å². The molecule has 1 unspecified atom stereocenters. The van der Waals surface area contributed by atoms with Gasteiger partial charge in [-0.15, -0.1) is 11.8 Å². The Morgan fingerprint density at radius 1 is 1.59 bits per heavy atom. The molecule has 1 fully saturated rings. The van der Waals surface area contributed by atoms with Crippen LogP contribution in [0.2, 0.25) is 0 Å². The van der Waals surface area contributed by atoms with Gasteiger partial charge in [-0.05, 0) is 12.5 Å². The van der Waals surface area contributed by atoms with Gasteiger partial charge in [0.05, 0.1) is 5.75 Å². The third-order valence-corrected chi connectivity index (χ3v) is 4.22. The van der Waals surface area contributed by atoms with Gasteiger partial charge in [0.1, 0.15) is 12.4 Å². The number of amides is 1. The second kappa shape index (κ2) is 5.54. The zero-order chi connectivity index (χ0) is 12.3. The summed E-state index contributed by atoms with van der Waals surface area (Å²) in [6.07, 6.45) is 6.34. The fraction of sp³-hybridized carbons (Fsp3) is 0.538. The minimum Gasteiger partial charge on any atom is -0.326 e. The lowest BCUT2D eigenvalue weighted by Crippen LogP contribution is -2.32. The number of unbranched alkanes of at least 4 members (excludes halogenated alkanes) is 1. The van der Waals surface area contributed by atoms with Gasteiger partial charge in [0.25, 0.3) is 0 Å². The average molecular weight is 251 g/mol. The zero-order valence-corrected chi connectivity index (χ0v) is 11.2. The smallest absolute Gasteiger partial charge is 0.233 e. The number of rotatable bonds is 4. The van der Waals surface area contributed by atoms with Gasteiger partial charge in [-0.1, -0.05) is 13.3 Å². The van der Waals surface area contributed by atoms with E-state index in [1.165, 1.54) is 5.56 Å². The van der Waals surface area contributed by atoms with Gasteiger partial charge < -0.3 is 4.90 Å². The van der Waals surface area contributed by atoms with Gasteiger partial charge in [0.2, 0.25) is 5.91 Å². The van der Waals surface area contributed by atoms with E-state index in [4.69, 9.17) is 0 Å². The molecule has 3 nitrogen and oxygen atoms in total. The maximum atomic E-state index is 11.8. The number of pyridine rings is 1. The Balaban J connectivity index is 2.16. The van der Waals surface area contributed by atoms with E-state index >= 15 is 0 Å². The standard InChI is InChI=1S/C13H19N2OS/c1-3-4-8-15-12(16)10-17-13(15)11-6-5-7-14(2)9-11/h5-7,9,13H,3-4,8,10H2,1-2H3/q+1. The van der Waals surface area contributed by atoms with Gasteiger partial charge in [0.15, 0.2) is 12.4 Å². The summed E-state index contributed by atoms with van der Waals surface area (Å²) < 4.78 is 2.04. The van der Waals surface area contributed by atoms with Crippen molar-refractivity contribution >= 4 is 17.7 Å². The summed E-state index contributed by atoms with van der Waals surface area (Å²) >= 11 is 1.73. The van der Waals surface area contributed by atoms with Crippen LogP contribution in [-0.2, 0) is 11.8 Å². The number of carbonyl (C=O) groups excluding carboxylic acids is 1. The van der Waals surface area contributed by atoms with Crippen molar-refractivity contribution in [3.63, 3.8) is 0 Å². The predicted octanol–water partition coefficient (Wildman–Crippen LogP) is 1.89. The number of hydrogen-bond acceptors (Lipinski definition) is 2. The molecule has 1 aromatic heterocycles. The number of aromatic nitrogens is 1. The average Bonchev–Trinajstić information content (AvgIpc) is 2.68. The molecule has 0 bridgehead atoms. The molecule has 4 heteroatoms. The Morgan fingerprint density at radius 2 is 2.41 bits per heavy atom. The van der Waals surface area contributed by atoms with E-state index in [0.29, 0.717) is 5.75 Å². The summed E-state index contributed by atoms with van der Waals surface area (Å²) in [6.45, 7) is 3.04. The van der Waals surface area contributed by atoms with Crippen LogP contribution in [0.25, 0.3) is 0 Å². The molecule has 17 heavy (non-hydrogen) atoms. The van der Waals surface area contributed by atoms with Crippen LogP contribution in [0.4, 0.5) is 0 Å². The summed E-state index contributed by atoms with van der Waals surface area (Å²) in [7, 11) is 2.02. The van der Waals surface area contributed by atoms with Gasteiger partial charge in [-0.3, -0.25) is 4.79 Å². The van der Waals surface area contributed by atoms with Crippen molar-refractivity contribution in [2.24, 2.45) is 7.05 Å². The van der Waals surface area contributed by atoms with Crippen LogP contribution < -0.4 is 4.57 Å². The number of aryl methyl sites for hydroxylation is 1. The van der Waals surface area contributed by atoms with Crippen LogP contribution in [0.15, 0.2) is 24.5 Å². The summed E-state index contributed by atoms with van der Waals surface area (Å²) in [4.78, 5) is 13.9. The zero-order valence-electron chi connectivity index (χ0n) is 10.4. The Kier molecular flexibility index (Phi) is 4.05. The molecule has 1 aliphatic heterocycles. The van der Waals surface area contributed by atoms with Crippen molar-refractivity contribution < 1.29 is 9.36 Å². The van der Waals surface area contributed by atoms with Crippen LogP contribution in [0, 0.1) is 0 Å². The lowest BCUT2D eigenvalue weighted by molar-refractivity contribution is -0.672. The fourth-order valence-corrected chi connectivity index (χ4v) is 3.26. The lowest BCUT2D eigenvalue weighted by Gasteiger charge is -2.23. The Bertz CT molecular complexity index is 408. The monoisotopic (exact) mass is 251 g/mol. The minimum atomic E-state index is 0.210. The first kappa shape index (κ1) is 12.4. The van der Waals surface area contributed by atoms with E-state index < -0.39 is 0 Å². The molecule has 0 aromatic carbocycles. The molecule has 1 aliphatic rings. The first-order valence-electron chi connectivity index (χ1n) is 6.08. The van der Waals surface area contributed by atoms with Crippen molar-refractivity contribution in [2.75, 3.05) is 12.3 Å². The largest absolute Gasteiger partial charge is 0.326 e. The quantitative estimate of drug-likeness (QED) is 0.763.